The first-order valence-electron chi connectivity index (χ1n) is 8.29. The van der Waals surface area contributed by atoms with Gasteiger partial charge in [-0.2, -0.15) is 12.6 Å². The van der Waals surface area contributed by atoms with Crippen LogP contribution >= 0.6 is 12.6 Å². The van der Waals surface area contributed by atoms with Crippen LogP contribution in [0.1, 0.15) is 77.6 Å². The molecule has 1 atom stereocenters. The summed E-state index contributed by atoms with van der Waals surface area (Å²) in [7, 11) is 0. The third-order valence-electron chi connectivity index (χ3n) is 3.65. The second-order valence-corrected chi connectivity index (χ2v) is 5.93. The minimum atomic E-state index is -0.803. The molecule has 0 bridgehead atoms. The van der Waals surface area contributed by atoms with Crippen LogP contribution in [0.4, 0.5) is 0 Å². The Labute approximate surface area is 130 Å². The maximum Gasteiger partial charge on any atom is 0.321 e. The highest BCUT2D eigenvalue weighted by Crippen LogP contribution is 2.11. The van der Waals surface area contributed by atoms with Crippen molar-refractivity contribution in [1.29, 1.82) is 0 Å². The Morgan fingerprint density at radius 3 is 1.80 bits per heavy atom. The molecular formula is C16H33NO2S. The van der Waals surface area contributed by atoms with Crippen molar-refractivity contribution in [2.75, 3.05) is 12.3 Å². The summed E-state index contributed by atoms with van der Waals surface area (Å²) in [6, 6.07) is -0.499. The molecule has 0 aromatic heterocycles. The van der Waals surface area contributed by atoms with Crippen LogP contribution in [0.3, 0.4) is 0 Å². The van der Waals surface area contributed by atoms with E-state index in [9.17, 15) is 4.79 Å². The quantitative estimate of drug-likeness (QED) is 0.313. The largest absolute Gasteiger partial charge is 0.480 e. The average molecular weight is 304 g/mol. The Morgan fingerprint density at radius 1 is 0.950 bits per heavy atom. The molecule has 0 aliphatic carbocycles. The summed E-state index contributed by atoms with van der Waals surface area (Å²) in [4.78, 5) is 10.8. The van der Waals surface area contributed by atoms with Gasteiger partial charge in [0, 0.05) is 5.75 Å². The number of aliphatic carboxylic acids is 1. The summed E-state index contributed by atoms with van der Waals surface area (Å²) in [6.45, 7) is 3.04. The van der Waals surface area contributed by atoms with Gasteiger partial charge in [-0.1, -0.05) is 71.1 Å². The summed E-state index contributed by atoms with van der Waals surface area (Å²) in [5.74, 6) is -0.448. The second kappa shape index (κ2) is 15.2. The van der Waals surface area contributed by atoms with Crippen LogP contribution in [0.15, 0.2) is 0 Å². The number of hydrogen-bond acceptors (Lipinski definition) is 3. The molecule has 2 N–H and O–H groups in total. The number of unbranched alkanes of at least 4 members (excludes halogenated alkanes) is 10. The van der Waals surface area contributed by atoms with E-state index < -0.39 is 12.0 Å². The van der Waals surface area contributed by atoms with Gasteiger partial charge in [-0.15, -0.1) is 0 Å². The zero-order valence-electron chi connectivity index (χ0n) is 13.1. The van der Waals surface area contributed by atoms with E-state index in [4.69, 9.17) is 5.11 Å². The lowest BCUT2D eigenvalue weighted by Gasteiger charge is -2.11. The molecule has 0 fully saturated rings. The molecule has 0 aromatic rings. The molecule has 0 aliphatic heterocycles. The maximum atomic E-state index is 10.8. The third kappa shape index (κ3) is 12.8. The summed E-state index contributed by atoms with van der Waals surface area (Å²) in [5, 5.41) is 11.9. The number of nitrogens with one attached hydrogen (secondary N) is 1. The first-order valence-corrected chi connectivity index (χ1v) is 8.92. The zero-order chi connectivity index (χ0) is 15.1. The molecule has 0 rings (SSSR count). The fourth-order valence-electron chi connectivity index (χ4n) is 2.30. The summed E-state index contributed by atoms with van der Waals surface area (Å²) >= 11 is 4.02. The smallest absolute Gasteiger partial charge is 0.321 e. The van der Waals surface area contributed by atoms with E-state index in [1.165, 1.54) is 64.2 Å². The lowest BCUT2D eigenvalue weighted by molar-refractivity contribution is -0.138. The number of rotatable bonds is 15. The highest BCUT2D eigenvalue weighted by Gasteiger charge is 2.13. The van der Waals surface area contributed by atoms with E-state index >= 15 is 0 Å². The lowest BCUT2D eigenvalue weighted by atomic mass is 10.1. The van der Waals surface area contributed by atoms with E-state index in [1.807, 2.05) is 0 Å². The first-order chi connectivity index (χ1) is 9.72. The standard InChI is InChI=1S/C16H33NO2S/c1-2-3-4-5-6-7-8-9-10-11-12-13-17-15(14-20)16(18)19/h15,17,20H,2-14H2,1H3,(H,18,19)/t15-/m0/s1. The van der Waals surface area contributed by atoms with Crippen molar-refractivity contribution in [3.8, 4) is 0 Å². The van der Waals surface area contributed by atoms with Crippen LogP contribution in [-0.2, 0) is 4.79 Å². The number of carboxylic acid groups (broad SMARTS) is 1. The van der Waals surface area contributed by atoms with Crippen LogP contribution < -0.4 is 5.32 Å². The molecule has 0 aromatic carbocycles. The van der Waals surface area contributed by atoms with Gasteiger partial charge in [0.25, 0.3) is 0 Å². The van der Waals surface area contributed by atoms with Gasteiger partial charge in [0.1, 0.15) is 6.04 Å². The Hall–Kier alpha value is -0.220. The highest BCUT2D eigenvalue weighted by atomic mass is 32.1. The van der Waals surface area contributed by atoms with Gasteiger partial charge in [-0.3, -0.25) is 4.79 Å². The fraction of sp³-hybridized carbons (Fsp3) is 0.938. The van der Waals surface area contributed by atoms with Crippen LogP contribution in [0.5, 0.6) is 0 Å². The molecule has 0 radical (unpaired) electrons. The lowest BCUT2D eigenvalue weighted by Crippen LogP contribution is -2.38. The maximum absolute atomic E-state index is 10.8. The van der Waals surface area contributed by atoms with Crippen molar-refractivity contribution in [2.45, 2.75) is 83.6 Å². The highest BCUT2D eigenvalue weighted by molar-refractivity contribution is 7.80. The van der Waals surface area contributed by atoms with Crippen molar-refractivity contribution in [1.82, 2.24) is 5.32 Å². The number of thiol groups is 1. The van der Waals surface area contributed by atoms with Crippen LogP contribution in [-0.4, -0.2) is 29.4 Å². The minimum Gasteiger partial charge on any atom is -0.480 e. The van der Waals surface area contributed by atoms with E-state index in [0.717, 1.165) is 13.0 Å². The Morgan fingerprint density at radius 2 is 1.40 bits per heavy atom. The van der Waals surface area contributed by atoms with Crippen LogP contribution in [0.2, 0.25) is 0 Å². The van der Waals surface area contributed by atoms with Crippen molar-refractivity contribution in [3.63, 3.8) is 0 Å². The number of carboxylic acids is 1. The van der Waals surface area contributed by atoms with E-state index in [1.54, 1.807) is 0 Å². The first kappa shape index (κ1) is 19.8. The molecule has 20 heavy (non-hydrogen) atoms. The molecule has 0 amide bonds. The Balaban J connectivity index is 3.15. The Kier molecular flexibility index (Phi) is 15.0. The minimum absolute atomic E-state index is 0.355. The predicted octanol–water partition coefficient (Wildman–Crippen LogP) is 4.27. The molecule has 0 saturated heterocycles. The Bertz CT molecular complexity index is 225. The third-order valence-corrected chi connectivity index (χ3v) is 4.02. The van der Waals surface area contributed by atoms with Crippen molar-refractivity contribution in [3.05, 3.63) is 0 Å². The topological polar surface area (TPSA) is 49.3 Å². The average Bonchev–Trinajstić information content (AvgIpc) is 2.43. The van der Waals surface area contributed by atoms with Crippen molar-refractivity contribution >= 4 is 18.6 Å². The van der Waals surface area contributed by atoms with Gasteiger partial charge in [-0.25, -0.2) is 0 Å². The van der Waals surface area contributed by atoms with E-state index in [-0.39, 0.29) is 0 Å². The molecule has 0 unspecified atom stereocenters. The monoisotopic (exact) mass is 303 g/mol. The molecule has 3 nitrogen and oxygen atoms in total. The van der Waals surface area contributed by atoms with E-state index in [0.29, 0.717) is 5.75 Å². The fourth-order valence-corrected chi connectivity index (χ4v) is 2.58. The number of carbonyl (C=O) groups is 1. The van der Waals surface area contributed by atoms with Crippen LogP contribution in [0.25, 0.3) is 0 Å². The van der Waals surface area contributed by atoms with Crippen molar-refractivity contribution in [2.24, 2.45) is 0 Å². The van der Waals surface area contributed by atoms with Gasteiger partial charge in [-0.05, 0) is 13.0 Å². The molecule has 0 aliphatic rings. The molecule has 0 heterocycles. The van der Waals surface area contributed by atoms with Crippen molar-refractivity contribution < 1.29 is 9.90 Å². The normalized spacial score (nSPS) is 12.5. The van der Waals surface area contributed by atoms with Crippen LogP contribution in [0, 0.1) is 0 Å². The zero-order valence-corrected chi connectivity index (χ0v) is 14.0. The van der Waals surface area contributed by atoms with E-state index in [2.05, 4.69) is 24.9 Å². The molecule has 4 heteroatoms. The van der Waals surface area contributed by atoms with Gasteiger partial charge >= 0.3 is 5.97 Å². The number of hydrogen-bond donors (Lipinski definition) is 3. The summed E-state index contributed by atoms with van der Waals surface area (Å²) in [5.41, 5.74) is 0. The second-order valence-electron chi connectivity index (χ2n) is 5.56. The molecule has 0 spiro atoms. The summed E-state index contributed by atoms with van der Waals surface area (Å²) < 4.78 is 0. The van der Waals surface area contributed by atoms with Gasteiger partial charge in [0.15, 0.2) is 0 Å². The van der Waals surface area contributed by atoms with Gasteiger partial charge < -0.3 is 10.4 Å². The predicted molar refractivity (Wildman–Crippen MR) is 89.7 cm³/mol. The SMILES string of the molecule is CCCCCCCCCCCCCN[C@@H](CS)C(=O)O. The summed E-state index contributed by atoms with van der Waals surface area (Å²) in [6.07, 6.45) is 14.5. The molecule has 120 valence electrons. The molecule has 0 saturated carbocycles. The molecular weight excluding hydrogens is 270 g/mol. The van der Waals surface area contributed by atoms with Gasteiger partial charge in [0.2, 0.25) is 0 Å². The van der Waals surface area contributed by atoms with Gasteiger partial charge in [0.05, 0.1) is 0 Å².